The first-order valence-corrected chi connectivity index (χ1v) is 7.94. The Hall–Kier alpha value is -1.96. The molecule has 4 N–H and O–H groups in total. The minimum absolute atomic E-state index is 0.0745. The van der Waals surface area contributed by atoms with Crippen molar-refractivity contribution in [3.63, 3.8) is 0 Å². The number of hydrogen-bond acceptors (Lipinski definition) is 8. The van der Waals surface area contributed by atoms with E-state index >= 15 is 0 Å². The topological polar surface area (TPSA) is 107 Å². The summed E-state index contributed by atoms with van der Waals surface area (Å²) in [5, 5.41) is 9.53. The van der Waals surface area contributed by atoms with Crippen molar-refractivity contribution in [2.75, 3.05) is 29.5 Å². The summed E-state index contributed by atoms with van der Waals surface area (Å²) in [6.07, 6.45) is 6.27. The van der Waals surface area contributed by atoms with E-state index in [1.165, 1.54) is 16.9 Å². The van der Waals surface area contributed by atoms with Crippen molar-refractivity contribution in [2.45, 2.75) is 31.1 Å². The Morgan fingerprint density at radius 1 is 1.24 bits per heavy atom. The summed E-state index contributed by atoms with van der Waals surface area (Å²) < 4.78 is 0. The second-order valence-corrected chi connectivity index (χ2v) is 6.82. The summed E-state index contributed by atoms with van der Waals surface area (Å²) in [6, 6.07) is 0. The number of aryl methyl sites for hydroxylation is 1. The Kier molecular flexibility index (Phi) is 2.75. The zero-order chi connectivity index (χ0) is 14.4. The summed E-state index contributed by atoms with van der Waals surface area (Å²) in [6.45, 7) is 1.90. The van der Waals surface area contributed by atoms with Gasteiger partial charge >= 0.3 is 0 Å². The Morgan fingerprint density at radius 2 is 2.14 bits per heavy atom. The number of rotatable bonds is 1. The zero-order valence-corrected chi connectivity index (χ0v) is 12.4. The van der Waals surface area contributed by atoms with Gasteiger partial charge < -0.3 is 16.4 Å². The van der Waals surface area contributed by atoms with Crippen LogP contribution in [0.25, 0.3) is 0 Å². The molecule has 0 aromatic carbocycles. The lowest BCUT2D eigenvalue weighted by Gasteiger charge is -2.40. The maximum absolute atomic E-state index is 5.80. The highest BCUT2D eigenvalue weighted by atomic mass is 32.1. The standard InChI is InChI=1S/C13H17N7S/c14-10-16-6-8-2-4-13(9(8)17-10)3-1-5-20(7-13)12-19-18-11(15)21-12/h6H,1-5,7H2,(H2,15,18)(H2,14,16,17). The van der Waals surface area contributed by atoms with Crippen LogP contribution >= 0.6 is 11.3 Å². The van der Waals surface area contributed by atoms with Gasteiger partial charge in [0, 0.05) is 24.7 Å². The Labute approximate surface area is 126 Å². The van der Waals surface area contributed by atoms with E-state index in [9.17, 15) is 0 Å². The van der Waals surface area contributed by atoms with Crippen LogP contribution in [0.15, 0.2) is 6.20 Å². The predicted octanol–water partition coefficient (Wildman–Crippen LogP) is 0.977. The van der Waals surface area contributed by atoms with Crippen LogP contribution in [0.4, 0.5) is 16.2 Å². The quantitative estimate of drug-likeness (QED) is 0.808. The number of nitrogens with zero attached hydrogens (tertiary/aromatic N) is 5. The fourth-order valence-electron chi connectivity index (χ4n) is 3.60. The number of nitrogens with two attached hydrogens (primary N) is 2. The highest BCUT2D eigenvalue weighted by molar-refractivity contribution is 7.18. The van der Waals surface area contributed by atoms with E-state index in [0.717, 1.165) is 49.6 Å². The molecule has 1 aliphatic carbocycles. The molecule has 0 radical (unpaired) electrons. The number of hydrogen-bond donors (Lipinski definition) is 2. The summed E-state index contributed by atoms with van der Waals surface area (Å²) in [7, 11) is 0. The van der Waals surface area contributed by atoms with E-state index in [1.807, 2.05) is 6.20 Å². The molecule has 0 amide bonds. The molecule has 1 saturated heterocycles. The van der Waals surface area contributed by atoms with Crippen LogP contribution in [0.3, 0.4) is 0 Å². The van der Waals surface area contributed by atoms with E-state index in [4.69, 9.17) is 11.5 Å². The van der Waals surface area contributed by atoms with E-state index in [0.29, 0.717) is 11.1 Å². The first kappa shape index (κ1) is 12.8. The lowest BCUT2D eigenvalue weighted by molar-refractivity contribution is 0.334. The molecule has 8 heteroatoms. The van der Waals surface area contributed by atoms with Gasteiger partial charge in [-0.3, -0.25) is 0 Å². The number of fused-ring (bicyclic) bond motifs is 2. The van der Waals surface area contributed by atoms with Crippen LogP contribution < -0.4 is 16.4 Å². The number of anilines is 3. The fourth-order valence-corrected chi connectivity index (χ4v) is 4.24. The van der Waals surface area contributed by atoms with Crippen molar-refractivity contribution in [2.24, 2.45) is 0 Å². The van der Waals surface area contributed by atoms with Gasteiger partial charge in [-0.25, -0.2) is 9.97 Å². The van der Waals surface area contributed by atoms with Crippen molar-refractivity contribution < 1.29 is 0 Å². The summed E-state index contributed by atoms with van der Waals surface area (Å²) >= 11 is 1.44. The molecule has 2 aromatic heterocycles. The van der Waals surface area contributed by atoms with Gasteiger partial charge in [0.2, 0.25) is 16.2 Å². The van der Waals surface area contributed by atoms with Gasteiger partial charge in [0.1, 0.15) is 0 Å². The molecule has 3 heterocycles. The lowest BCUT2D eigenvalue weighted by Crippen LogP contribution is -2.45. The van der Waals surface area contributed by atoms with Crippen LogP contribution in [0.1, 0.15) is 30.5 Å². The van der Waals surface area contributed by atoms with E-state index < -0.39 is 0 Å². The molecule has 110 valence electrons. The van der Waals surface area contributed by atoms with E-state index in [2.05, 4.69) is 25.1 Å². The molecule has 0 bridgehead atoms. The van der Waals surface area contributed by atoms with Crippen molar-refractivity contribution in [3.05, 3.63) is 17.5 Å². The smallest absolute Gasteiger partial charge is 0.220 e. The van der Waals surface area contributed by atoms with Crippen LogP contribution in [-0.4, -0.2) is 33.3 Å². The first-order chi connectivity index (χ1) is 10.2. The first-order valence-electron chi connectivity index (χ1n) is 7.12. The second kappa shape index (κ2) is 4.52. The average molecular weight is 303 g/mol. The second-order valence-electron chi connectivity index (χ2n) is 5.83. The fraction of sp³-hybridized carbons (Fsp3) is 0.538. The van der Waals surface area contributed by atoms with E-state index in [-0.39, 0.29) is 5.41 Å². The van der Waals surface area contributed by atoms with Gasteiger partial charge in [-0.1, -0.05) is 11.3 Å². The molecule has 1 atom stereocenters. The molecular formula is C13H17N7S. The SMILES string of the molecule is Nc1ncc2c(n1)C1(CCCN(c3nnc(N)s3)C1)CC2. The highest BCUT2D eigenvalue weighted by Gasteiger charge is 2.44. The molecule has 2 aromatic rings. The van der Waals surface area contributed by atoms with Gasteiger partial charge in [0.25, 0.3) is 0 Å². The summed E-state index contributed by atoms with van der Waals surface area (Å²) in [5.74, 6) is 0.368. The third kappa shape index (κ3) is 2.01. The Bertz CT molecular complexity index is 681. The summed E-state index contributed by atoms with van der Waals surface area (Å²) in [5.41, 5.74) is 14.0. The third-order valence-electron chi connectivity index (χ3n) is 4.54. The van der Waals surface area contributed by atoms with Gasteiger partial charge in [-0.05, 0) is 31.2 Å². The minimum Gasteiger partial charge on any atom is -0.374 e. The third-order valence-corrected chi connectivity index (χ3v) is 5.35. The maximum atomic E-state index is 5.80. The van der Waals surface area contributed by atoms with Crippen molar-refractivity contribution in [3.8, 4) is 0 Å². The molecule has 1 fully saturated rings. The normalized spacial score (nSPS) is 24.5. The zero-order valence-electron chi connectivity index (χ0n) is 11.6. The number of aromatic nitrogens is 4. The van der Waals surface area contributed by atoms with Crippen LogP contribution in [-0.2, 0) is 11.8 Å². The van der Waals surface area contributed by atoms with Crippen LogP contribution in [0.2, 0.25) is 0 Å². The molecule has 4 rings (SSSR count). The molecule has 2 aliphatic rings. The number of piperidine rings is 1. The van der Waals surface area contributed by atoms with Crippen molar-refractivity contribution >= 4 is 27.5 Å². The molecular weight excluding hydrogens is 286 g/mol. The van der Waals surface area contributed by atoms with Crippen molar-refractivity contribution in [1.82, 2.24) is 20.2 Å². The largest absolute Gasteiger partial charge is 0.374 e. The minimum atomic E-state index is 0.0745. The lowest BCUT2D eigenvalue weighted by atomic mass is 9.77. The summed E-state index contributed by atoms with van der Waals surface area (Å²) in [4.78, 5) is 11.0. The highest BCUT2D eigenvalue weighted by Crippen LogP contribution is 2.45. The van der Waals surface area contributed by atoms with Gasteiger partial charge in [-0.15, -0.1) is 10.2 Å². The molecule has 7 nitrogen and oxygen atoms in total. The monoisotopic (exact) mass is 303 g/mol. The van der Waals surface area contributed by atoms with Gasteiger partial charge in [0.15, 0.2) is 0 Å². The molecule has 1 unspecified atom stereocenters. The maximum Gasteiger partial charge on any atom is 0.220 e. The molecule has 1 spiro atoms. The molecule has 0 saturated carbocycles. The molecule has 21 heavy (non-hydrogen) atoms. The predicted molar refractivity (Wildman–Crippen MR) is 82.2 cm³/mol. The van der Waals surface area contributed by atoms with E-state index in [1.54, 1.807) is 0 Å². The van der Waals surface area contributed by atoms with Gasteiger partial charge in [-0.2, -0.15) is 0 Å². The average Bonchev–Trinajstić information content (AvgIpc) is 3.05. The van der Waals surface area contributed by atoms with Crippen LogP contribution in [0.5, 0.6) is 0 Å². The van der Waals surface area contributed by atoms with Crippen LogP contribution in [0, 0.1) is 0 Å². The van der Waals surface area contributed by atoms with Gasteiger partial charge in [0.05, 0.1) is 5.69 Å². The molecule has 1 aliphatic heterocycles. The Morgan fingerprint density at radius 3 is 2.95 bits per heavy atom. The van der Waals surface area contributed by atoms with Crippen molar-refractivity contribution in [1.29, 1.82) is 0 Å². The number of nitrogen functional groups attached to an aromatic ring is 2. The Balaban J connectivity index is 1.69.